The fourth-order valence-corrected chi connectivity index (χ4v) is 4.74. The van der Waals surface area contributed by atoms with Gasteiger partial charge >= 0.3 is 0 Å². The Kier molecular flexibility index (Phi) is 6.35. The van der Waals surface area contributed by atoms with Gasteiger partial charge in [0.2, 0.25) is 5.91 Å². The number of para-hydroxylation sites is 1. The Morgan fingerprint density at radius 1 is 1.00 bits per heavy atom. The molecular weight excluding hydrogens is 410 g/mol. The number of hydrogen-bond acceptors (Lipinski definition) is 2. The average Bonchev–Trinajstić information content (AvgIpc) is 3.54. The zero-order valence-electron chi connectivity index (χ0n) is 18.7. The molecule has 4 aromatic rings. The van der Waals surface area contributed by atoms with E-state index in [1.807, 2.05) is 71.5 Å². The number of carbonyl (C=O) groups is 1. The molecule has 1 aliphatic rings. The van der Waals surface area contributed by atoms with E-state index in [-0.39, 0.29) is 11.8 Å². The van der Waals surface area contributed by atoms with Gasteiger partial charge in [-0.25, -0.2) is 4.68 Å². The third-order valence-corrected chi connectivity index (χ3v) is 6.41. The number of amides is 1. The third kappa shape index (κ3) is 4.91. The first-order valence-electron chi connectivity index (χ1n) is 11.7. The van der Waals surface area contributed by atoms with E-state index in [9.17, 15) is 4.79 Å². The van der Waals surface area contributed by atoms with Crippen molar-refractivity contribution in [2.45, 2.75) is 25.9 Å². The van der Waals surface area contributed by atoms with E-state index in [1.165, 1.54) is 10.5 Å². The molecule has 33 heavy (non-hydrogen) atoms. The monoisotopic (exact) mass is 440 g/mol. The number of nitrogens with zero attached hydrogens (tertiary/aromatic N) is 3. The maximum atomic E-state index is 12.9. The summed E-state index contributed by atoms with van der Waals surface area (Å²) < 4.78 is 4.13. The summed E-state index contributed by atoms with van der Waals surface area (Å²) in [4.78, 5) is 14.3. The van der Waals surface area contributed by atoms with Crippen LogP contribution < -0.4 is 10.2 Å². The van der Waals surface area contributed by atoms with Gasteiger partial charge in [-0.1, -0.05) is 48.5 Å². The van der Waals surface area contributed by atoms with E-state index in [1.54, 1.807) is 0 Å². The molecule has 1 aliphatic heterocycles. The Labute approximate surface area is 194 Å². The lowest BCUT2D eigenvalue weighted by atomic mass is 9.96. The largest absolute Gasteiger partial charge is 0.352 e. The second kappa shape index (κ2) is 9.88. The summed E-state index contributed by atoms with van der Waals surface area (Å²) >= 11 is 0. The SMILES string of the molecule is O=C(NCc1ccccc1)C1CCC[NH+](Cc2cnn(-c3ccccc3)c2-n2cccc2)C1. The number of aromatic nitrogens is 3. The van der Waals surface area contributed by atoms with Gasteiger partial charge in [0, 0.05) is 18.9 Å². The maximum absolute atomic E-state index is 12.9. The van der Waals surface area contributed by atoms with Crippen LogP contribution in [0.15, 0.2) is 91.4 Å². The Balaban J connectivity index is 1.30. The predicted molar refractivity (Wildman–Crippen MR) is 128 cm³/mol. The molecule has 1 saturated heterocycles. The molecule has 0 bridgehead atoms. The van der Waals surface area contributed by atoms with Crippen molar-refractivity contribution in [3.8, 4) is 11.5 Å². The minimum absolute atomic E-state index is 0.0525. The molecule has 0 spiro atoms. The zero-order chi connectivity index (χ0) is 22.5. The van der Waals surface area contributed by atoms with Crippen LogP contribution in [0.2, 0.25) is 0 Å². The molecule has 6 heteroatoms. The third-order valence-electron chi connectivity index (χ3n) is 6.41. The molecule has 0 saturated carbocycles. The number of hydrogen-bond donors (Lipinski definition) is 2. The summed E-state index contributed by atoms with van der Waals surface area (Å²) in [6, 6.07) is 24.4. The predicted octanol–water partition coefficient (Wildman–Crippen LogP) is 2.77. The Morgan fingerprint density at radius 3 is 2.48 bits per heavy atom. The Hall–Kier alpha value is -3.64. The molecule has 2 N–H and O–H groups in total. The molecular formula is C27H30N5O+. The van der Waals surface area contributed by atoms with Gasteiger partial charge in [0.05, 0.1) is 36.5 Å². The molecule has 5 rings (SSSR count). The van der Waals surface area contributed by atoms with Gasteiger partial charge in [-0.15, -0.1) is 0 Å². The number of nitrogens with one attached hydrogen (secondary N) is 2. The molecule has 0 radical (unpaired) electrons. The van der Waals surface area contributed by atoms with Crippen molar-refractivity contribution in [3.05, 3.63) is 103 Å². The standard InChI is InChI=1S/C27H29N5O/c33-26(28-18-22-10-3-1-4-11-22)23-12-9-15-30(20-23)21-24-19-29-32(25-13-5-2-6-14-25)27(24)31-16-7-8-17-31/h1-8,10-11,13-14,16-17,19,23H,9,12,15,18,20-21H2,(H,28,33)/p+1. The van der Waals surface area contributed by atoms with Crippen molar-refractivity contribution in [3.63, 3.8) is 0 Å². The number of likely N-dealkylation sites (tertiary alicyclic amines) is 1. The van der Waals surface area contributed by atoms with Crippen LogP contribution in [0.3, 0.4) is 0 Å². The van der Waals surface area contributed by atoms with Crippen LogP contribution in [0.25, 0.3) is 11.5 Å². The number of rotatable bonds is 7. The molecule has 2 unspecified atom stereocenters. The van der Waals surface area contributed by atoms with Crippen LogP contribution in [0, 0.1) is 5.92 Å². The van der Waals surface area contributed by atoms with Crippen molar-refractivity contribution >= 4 is 5.91 Å². The Bertz CT molecular complexity index is 1170. The summed E-state index contributed by atoms with van der Waals surface area (Å²) in [5, 5.41) is 7.87. The minimum atomic E-state index is 0.0525. The van der Waals surface area contributed by atoms with Gasteiger partial charge in [-0.2, -0.15) is 5.10 Å². The van der Waals surface area contributed by atoms with E-state index < -0.39 is 0 Å². The van der Waals surface area contributed by atoms with E-state index in [2.05, 4.69) is 34.4 Å². The maximum Gasteiger partial charge on any atom is 0.229 e. The molecule has 1 amide bonds. The minimum Gasteiger partial charge on any atom is -0.352 e. The van der Waals surface area contributed by atoms with Crippen LogP contribution >= 0.6 is 0 Å². The van der Waals surface area contributed by atoms with Crippen molar-refractivity contribution in [1.82, 2.24) is 19.7 Å². The summed E-state index contributed by atoms with van der Waals surface area (Å²) in [5.41, 5.74) is 3.37. The lowest BCUT2D eigenvalue weighted by molar-refractivity contribution is -0.921. The quantitative estimate of drug-likeness (QED) is 0.464. The van der Waals surface area contributed by atoms with E-state index in [0.29, 0.717) is 6.54 Å². The van der Waals surface area contributed by atoms with E-state index in [0.717, 1.165) is 49.5 Å². The normalized spacial score (nSPS) is 18.2. The molecule has 3 heterocycles. The second-order valence-corrected chi connectivity index (χ2v) is 8.75. The van der Waals surface area contributed by atoms with Gasteiger partial charge in [-0.3, -0.25) is 4.79 Å². The lowest BCUT2D eigenvalue weighted by Crippen LogP contribution is -3.12. The van der Waals surface area contributed by atoms with Crippen molar-refractivity contribution in [2.24, 2.45) is 5.92 Å². The number of quaternary nitrogens is 1. The molecule has 168 valence electrons. The van der Waals surface area contributed by atoms with E-state index in [4.69, 9.17) is 5.10 Å². The zero-order valence-corrected chi connectivity index (χ0v) is 18.7. The van der Waals surface area contributed by atoms with Crippen molar-refractivity contribution < 1.29 is 9.69 Å². The van der Waals surface area contributed by atoms with Gasteiger partial charge < -0.3 is 14.8 Å². The summed E-state index contributed by atoms with van der Waals surface area (Å²) in [5.74, 6) is 1.28. The second-order valence-electron chi connectivity index (χ2n) is 8.75. The molecule has 2 aromatic heterocycles. The highest BCUT2D eigenvalue weighted by Gasteiger charge is 2.30. The van der Waals surface area contributed by atoms with Gasteiger partial charge in [0.1, 0.15) is 12.4 Å². The van der Waals surface area contributed by atoms with Crippen LogP contribution in [0.4, 0.5) is 0 Å². The number of benzene rings is 2. The highest BCUT2D eigenvalue weighted by atomic mass is 16.1. The molecule has 2 aromatic carbocycles. The summed E-state index contributed by atoms with van der Waals surface area (Å²) in [6.07, 6.45) is 8.12. The van der Waals surface area contributed by atoms with Crippen LogP contribution in [-0.2, 0) is 17.9 Å². The van der Waals surface area contributed by atoms with Crippen LogP contribution in [-0.4, -0.2) is 33.3 Å². The first-order chi connectivity index (χ1) is 16.3. The number of piperidine rings is 1. The van der Waals surface area contributed by atoms with Crippen molar-refractivity contribution in [1.29, 1.82) is 0 Å². The van der Waals surface area contributed by atoms with Crippen LogP contribution in [0.1, 0.15) is 24.0 Å². The molecule has 0 aliphatic carbocycles. The van der Waals surface area contributed by atoms with Crippen molar-refractivity contribution in [2.75, 3.05) is 13.1 Å². The first kappa shape index (κ1) is 21.2. The number of carbonyl (C=O) groups excluding carboxylic acids is 1. The Morgan fingerprint density at radius 2 is 1.73 bits per heavy atom. The van der Waals surface area contributed by atoms with Gasteiger partial charge in [0.15, 0.2) is 0 Å². The van der Waals surface area contributed by atoms with Gasteiger partial charge in [0.25, 0.3) is 0 Å². The fourth-order valence-electron chi connectivity index (χ4n) is 4.74. The van der Waals surface area contributed by atoms with Crippen LogP contribution in [0.5, 0.6) is 0 Å². The average molecular weight is 441 g/mol. The first-order valence-corrected chi connectivity index (χ1v) is 11.7. The fraction of sp³-hybridized carbons (Fsp3) is 0.259. The molecule has 6 nitrogen and oxygen atoms in total. The smallest absolute Gasteiger partial charge is 0.229 e. The summed E-state index contributed by atoms with van der Waals surface area (Å²) in [7, 11) is 0. The summed E-state index contributed by atoms with van der Waals surface area (Å²) in [6.45, 7) is 3.36. The van der Waals surface area contributed by atoms with Gasteiger partial charge in [-0.05, 0) is 42.7 Å². The lowest BCUT2D eigenvalue weighted by Gasteiger charge is -2.29. The topological polar surface area (TPSA) is 56.3 Å². The highest BCUT2D eigenvalue weighted by Crippen LogP contribution is 2.19. The van der Waals surface area contributed by atoms with E-state index >= 15 is 0 Å². The molecule has 2 atom stereocenters. The highest BCUT2D eigenvalue weighted by molar-refractivity contribution is 5.78. The molecule has 1 fully saturated rings.